The van der Waals surface area contributed by atoms with Gasteiger partial charge in [0.15, 0.2) is 0 Å². The normalized spacial score (nSPS) is 10.8. The minimum absolute atomic E-state index is 0.685. The van der Waals surface area contributed by atoms with Crippen LogP contribution in [0.5, 0.6) is 0 Å². The molecule has 0 atom stereocenters. The van der Waals surface area contributed by atoms with Crippen molar-refractivity contribution in [3.8, 4) is 0 Å². The van der Waals surface area contributed by atoms with Crippen LogP contribution < -0.4 is 5.32 Å². The summed E-state index contributed by atoms with van der Waals surface area (Å²) in [5.41, 5.74) is 3.21. The predicted octanol–water partition coefficient (Wildman–Crippen LogP) is 2.76. The molecule has 2 rings (SSSR count). The summed E-state index contributed by atoms with van der Waals surface area (Å²) in [7, 11) is 1.94. The number of aromatic nitrogens is 3. The number of hydrogen-bond donors (Lipinski definition) is 1. The molecule has 0 bridgehead atoms. The molecule has 2 aromatic heterocycles. The molecule has 0 aliphatic heterocycles. The van der Waals surface area contributed by atoms with Crippen LogP contribution in [-0.2, 0) is 13.6 Å². The summed E-state index contributed by atoms with van der Waals surface area (Å²) in [6.07, 6.45) is 1.67. The quantitative estimate of drug-likeness (QED) is 0.918. The van der Waals surface area contributed by atoms with Crippen molar-refractivity contribution < 1.29 is 0 Å². The van der Waals surface area contributed by atoms with E-state index in [1.165, 1.54) is 11.3 Å². The predicted molar refractivity (Wildman–Crippen MR) is 67.1 cm³/mol. The van der Waals surface area contributed by atoms with Gasteiger partial charge in [0.2, 0.25) is 0 Å². The van der Waals surface area contributed by atoms with Gasteiger partial charge in [-0.05, 0) is 13.8 Å². The van der Waals surface area contributed by atoms with E-state index in [0.29, 0.717) is 6.54 Å². The van der Waals surface area contributed by atoms with E-state index >= 15 is 0 Å². The SMILES string of the molecule is Cc1nn(C)c(C)c1NCc1ncc(Cl)s1. The first-order valence-corrected chi connectivity index (χ1v) is 6.11. The number of rotatable bonds is 3. The lowest BCUT2D eigenvalue weighted by Gasteiger charge is -2.04. The van der Waals surface area contributed by atoms with Gasteiger partial charge in [0.25, 0.3) is 0 Å². The number of halogens is 1. The molecular weight excluding hydrogens is 244 g/mol. The molecule has 86 valence electrons. The van der Waals surface area contributed by atoms with Crippen LogP contribution in [0.4, 0.5) is 5.69 Å². The fraction of sp³-hybridized carbons (Fsp3) is 0.400. The van der Waals surface area contributed by atoms with Gasteiger partial charge in [-0.1, -0.05) is 11.6 Å². The largest absolute Gasteiger partial charge is 0.376 e. The van der Waals surface area contributed by atoms with Crippen LogP contribution in [0.15, 0.2) is 6.20 Å². The number of nitrogens with one attached hydrogen (secondary N) is 1. The summed E-state index contributed by atoms with van der Waals surface area (Å²) in [5, 5.41) is 8.66. The third kappa shape index (κ3) is 2.20. The standard InChI is InChI=1S/C10H13ClN4S/c1-6-10(7(2)15(3)14-6)13-5-9-12-4-8(11)16-9/h4,13H,5H2,1-3H3. The molecule has 0 radical (unpaired) electrons. The maximum Gasteiger partial charge on any atom is 0.113 e. The van der Waals surface area contributed by atoms with Crippen molar-refractivity contribution in [2.45, 2.75) is 20.4 Å². The Kier molecular flexibility index (Phi) is 3.16. The molecule has 2 aromatic rings. The molecule has 0 fully saturated rings. The van der Waals surface area contributed by atoms with Gasteiger partial charge in [-0.25, -0.2) is 4.98 Å². The van der Waals surface area contributed by atoms with Crippen molar-refractivity contribution in [2.75, 3.05) is 5.32 Å². The maximum atomic E-state index is 5.82. The summed E-state index contributed by atoms with van der Waals surface area (Å²) in [4.78, 5) is 4.19. The summed E-state index contributed by atoms with van der Waals surface area (Å²) in [6.45, 7) is 4.71. The molecule has 0 amide bonds. The van der Waals surface area contributed by atoms with E-state index in [4.69, 9.17) is 11.6 Å². The van der Waals surface area contributed by atoms with Crippen molar-refractivity contribution in [1.82, 2.24) is 14.8 Å². The highest BCUT2D eigenvalue weighted by Gasteiger charge is 2.09. The van der Waals surface area contributed by atoms with Gasteiger partial charge in [0.05, 0.1) is 29.8 Å². The second-order valence-corrected chi connectivity index (χ2v) is 5.33. The number of anilines is 1. The Morgan fingerprint density at radius 3 is 2.75 bits per heavy atom. The summed E-state index contributed by atoms with van der Waals surface area (Å²) >= 11 is 7.31. The molecule has 6 heteroatoms. The van der Waals surface area contributed by atoms with Gasteiger partial charge in [-0.15, -0.1) is 11.3 Å². The molecule has 16 heavy (non-hydrogen) atoms. The van der Waals surface area contributed by atoms with Crippen molar-refractivity contribution in [3.05, 3.63) is 26.9 Å². The Bertz CT molecular complexity index is 503. The molecule has 1 N–H and O–H groups in total. The third-order valence-electron chi connectivity index (χ3n) is 2.45. The number of thiazole rings is 1. The highest BCUT2D eigenvalue weighted by molar-refractivity contribution is 7.15. The van der Waals surface area contributed by atoms with Crippen molar-refractivity contribution in [2.24, 2.45) is 7.05 Å². The van der Waals surface area contributed by atoms with Crippen LogP contribution in [-0.4, -0.2) is 14.8 Å². The lowest BCUT2D eigenvalue weighted by Crippen LogP contribution is -2.01. The van der Waals surface area contributed by atoms with Crippen molar-refractivity contribution in [3.63, 3.8) is 0 Å². The summed E-state index contributed by atoms with van der Waals surface area (Å²) < 4.78 is 2.59. The van der Waals surface area contributed by atoms with E-state index < -0.39 is 0 Å². The van der Waals surface area contributed by atoms with E-state index in [1.54, 1.807) is 6.20 Å². The molecule has 0 spiro atoms. The minimum atomic E-state index is 0.685. The van der Waals surface area contributed by atoms with E-state index in [2.05, 4.69) is 15.4 Å². The Labute approximate surface area is 103 Å². The van der Waals surface area contributed by atoms with Crippen LogP contribution in [0.1, 0.15) is 16.4 Å². The molecular formula is C10H13ClN4S. The second kappa shape index (κ2) is 4.43. The van der Waals surface area contributed by atoms with Crippen LogP contribution in [0.2, 0.25) is 4.34 Å². The summed E-state index contributed by atoms with van der Waals surface area (Å²) in [5.74, 6) is 0. The van der Waals surface area contributed by atoms with Gasteiger partial charge in [-0.3, -0.25) is 4.68 Å². The molecule has 0 saturated heterocycles. The monoisotopic (exact) mass is 256 g/mol. The Balaban J connectivity index is 2.10. The number of aryl methyl sites for hydroxylation is 2. The molecule has 0 unspecified atom stereocenters. The molecule has 2 heterocycles. The van der Waals surface area contributed by atoms with E-state index in [9.17, 15) is 0 Å². The Morgan fingerprint density at radius 2 is 2.25 bits per heavy atom. The molecule has 0 saturated carbocycles. The Hall–Kier alpha value is -1.07. The zero-order valence-corrected chi connectivity index (χ0v) is 11.0. The van der Waals surface area contributed by atoms with Gasteiger partial charge in [0.1, 0.15) is 9.34 Å². The van der Waals surface area contributed by atoms with Gasteiger partial charge in [0, 0.05) is 7.05 Å². The average Bonchev–Trinajstić information content (AvgIpc) is 2.72. The highest BCUT2D eigenvalue weighted by Crippen LogP contribution is 2.22. The highest BCUT2D eigenvalue weighted by atomic mass is 35.5. The molecule has 4 nitrogen and oxygen atoms in total. The number of nitrogens with zero attached hydrogens (tertiary/aromatic N) is 3. The maximum absolute atomic E-state index is 5.82. The molecule has 0 aliphatic rings. The minimum Gasteiger partial charge on any atom is -0.376 e. The molecule has 0 aliphatic carbocycles. The van der Waals surface area contributed by atoms with Gasteiger partial charge >= 0.3 is 0 Å². The van der Waals surface area contributed by atoms with Crippen LogP contribution >= 0.6 is 22.9 Å². The molecule has 0 aromatic carbocycles. The van der Waals surface area contributed by atoms with E-state index in [1.807, 2.05) is 25.6 Å². The fourth-order valence-corrected chi connectivity index (χ4v) is 2.46. The van der Waals surface area contributed by atoms with Crippen LogP contribution in [0.3, 0.4) is 0 Å². The average molecular weight is 257 g/mol. The number of hydrogen-bond acceptors (Lipinski definition) is 4. The zero-order chi connectivity index (χ0) is 11.7. The van der Waals surface area contributed by atoms with Gasteiger partial charge in [-0.2, -0.15) is 5.10 Å². The smallest absolute Gasteiger partial charge is 0.113 e. The third-order valence-corrected chi connectivity index (χ3v) is 3.57. The van der Waals surface area contributed by atoms with E-state index in [0.717, 1.165) is 26.4 Å². The zero-order valence-electron chi connectivity index (χ0n) is 9.41. The first-order chi connectivity index (χ1) is 7.58. The van der Waals surface area contributed by atoms with E-state index in [-0.39, 0.29) is 0 Å². The summed E-state index contributed by atoms with van der Waals surface area (Å²) in [6, 6.07) is 0. The lowest BCUT2D eigenvalue weighted by molar-refractivity contribution is 0.731. The first kappa shape index (κ1) is 11.4. The second-order valence-electron chi connectivity index (χ2n) is 3.58. The van der Waals surface area contributed by atoms with Gasteiger partial charge < -0.3 is 5.32 Å². The van der Waals surface area contributed by atoms with Crippen LogP contribution in [0.25, 0.3) is 0 Å². The van der Waals surface area contributed by atoms with Crippen LogP contribution in [0, 0.1) is 13.8 Å². The Morgan fingerprint density at radius 1 is 1.50 bits per heavy atom. The lowest BCUT2D eigenvalue weighted by atomic mass is 10.3. The van der Waals surface area contributed by atoms with Crippen molar-refractivity contribution in [1.29, 1.82) is 0 Å². The first-order valence-electron chi connectivity index (χ1n) is 4.92. The fourth-order valence-electron chi connectivity index (χ4n) is 1.56. The van der Waals surface area contributed by atoms with Crippen molar-refractivity contribution >= 4 is 28.6 Å². The topological polar surface area (TPSA) is 42.7 Å².